The summed E-state index contributed by atoms with van der Waals surface area (Å²) in [7, 11) is 0. The first-order valence-electron chi connectivity index (χ1n) is 5.50. The minimum atomic E-state index is -0.456. The van der Waals surface area contributed by atoms with Gasteiger partial charge in [-0.05, 0) is 6.07 Å². The van der Waals surface area contributed by atoms with Crippen molar-refractivity contribution in [2.45, 2.75) is 0 Å². The molecule has 2 aromatic heterocycles. The van der Waals surface area contributed by atoms with Gasteiger partial charge in [0.1, 0.15) is 5.52 Å². The molecule has 0 fully saturated rings. The van der Waals surface area contributed by atoms with Gasteiger partial charge in [-0.1, -0.05) is 18.2 Å². The predicted molar refractivity (Wildman–Crippen MR) is 67.5 cm³/mol. The number of hydrogen-bond donors (Lipinski definition) is 1. The Hall–Kier alpha value is -2.94. The quantitative estimate of drug-likeness (QED) is 0.719. The maximum atomic E-state index is 13.8. The van der Waals surface area contributed by atoms with Gasteiger partial charge in [0.05, 0.1) is 23.5 Å². The molecular weight excluding hydrogens is 245 g/mol. The Balaban J connectivity index is 2.37. The van der Waals surface area contributed by atoms with E-state index in [0.717, 1.165) is 0 Å². The van der Waals surface area contributed by atoms with Gasteiger partial charge in [0.2, 0.25) is 5.95 Å². The Kier molecular flexibility index (Phi) is 2.39. The van der Waals surface area contributed by atoms with Gasteiger partial charge in [0.25, 0.3) is 0 Å². The van der Waals surface area contributed by atoms with Gasteiger partial charge in [0, 0.05) is 11.6 Å². The Bertz CT molecular complexity index is 816. The molecule has 0 unspecified atom stereocenters. The van der Waals surface area contributed by atoms with Gasteiger partial charge in [-0.2, -0.15) is 5.26 Å². The van der Waals surface area contributed by atoms with Crippen molar-refractivity contribution in [3.05, 3.63) is 47.9 Å². The van der Waals surface area contributed by atoms with Gasteiger partial charge < -0.3 is 5.73 Å². The molecule has 92 valence electrons. The number of anilines is 1. The summed E-state index contributed by atoms with van der Waals surface area (Å²) >= 11 is 0. The summed E-state index contributed by atoms with van der Waals surface area (Å²) in [4.78, 5) is 3.76. The first-order valence-corrected chi connectivity index (χ1v) is 5.50. The van der Waals surface area contributed by atoms with E-state index in [9.17, 15) is 4.39 Å². The van der Waals surface area contributed by atoms with Crippen molar-refractivity contribution in [3.63, 3.8) is 0 Å². The predicted octanol–water partition coefficient (Wildman–Crippen LogP) is 1.99. The summed E-state index contributed by atoms with van der Waals surface area (Å²) < 4.78 is 15.2. The van der Waals surface area contributed by atoms with Crippen molar-refractivity contribution in [3.8, 4) is 17.3 Å². The van der Waals surface area contributed by atoms with Gasteiger partial charge in [-0.25, -0.2) is 13.9 Å². The lowest BCUT2D eigenvalue weighted by molar-refractivity contribution is 0.638. The summed E-state index contributed by atoms with van der Waals surface area (Å²) in [6.45, 7) is 0. The van der Waals surface area contributed by atoms with Gasteiger partial charge in [-0.15, -0.1) is 5.10 Å². The van der Waals surface area contributed by atoms with E-state index >= 15 is 0 Å². The van der Waals surface area contributed by atoms with Gasteiger partial charge >= 0.3 is 0 Å². The molecule has 0 aliphatic rings. The minimum absolute atomic E-state index is 0.0405. The van der Waals surface area contributed by atoms with E-state index in [1.165, 1.54) is 16.8 Å². The van der Waals surface area contributed by atoms with Crippen LogP contribution < -0.4 is 5.73 Å². The van der Waals surface area contributed by atoms with Crippen LogP contribution in [0.1, 0.15) is 5.56 Å². The van der Waals surface area contributed by atoms with E-state index in [2.05, 4.69) is 16.2 Å². The largest absolute Gasteiger partial charge is 0.367 e. The first-order chi connectivity index (χ1) is 9.20. The molecule has 0 aliphatic heterocycles. The molecule has 1 aromatic carbocycles. The third kappa shape index (κ3) is 1.68. The number of nitriles is 1. The van der Waals surface area contributed by atoms with Crippen LogP contribution in [0.15, 0.2) is 36.5 Å². The summed E-state index contributed by atoms with van der Waals surface area (Å²) in [5.74, 6) is -0.415. The number of hydrogen-bond acceptors (Lipinski definition) is 4. The molecule has 0 aliphatic carbocycles. The second kappa shape index (κ2) is 4.07. The van der Waals surface area contributed by atoms with Crippen molar-refractivity contribution in [1.29, 1.82) is 5.26 Å². The summed E-state index contributed by atoms with van der Waals surface area (Å²) in [5, 5.41) is 13.1. The normalized spacial score (nSPS) is 10.5. The number of benzene rings is 1. The lowest BCUT2D eigenvalue weighted by Crippen LogP contribution is -2.02. The Morgan fingerprint density at radius 2 is 2.11 bits per heavy atom. The lowest BCUT2D eigenvalue weighted by Gasteiger charge is -2.03. The van der Waals surface area contributed by atoms with Crippen molar-refractivity contribution in [1.82, 2.24) is 14.6 Å². The van der Waals surface area contributed by atoms with Crippen LogP contribution in [0.25, 0.3) is 16.8 Å². The number of nitrogens with zero attached hydrogens (tertiary/aromatic N) is 4. The number of nitrogen functional groups attached to an aromatic ring is 1. The molecule has 5 nitrogen and oxygen atoms in total. The highest BCUT2D eigenvalue weighted by molar-refractivity contribution is 5.72. The van der Waals surface area contributed by atoms with E-state index < -0.39 is 5.82 Å². The molecule has 3 rings (SSSR count). The number of halogens is 1. The average Bonchev–Trinajstić information content (AvgIpc) is 2.75. The van der Waals surface area contributed by atoms with Crippen LogP contribution in [0.2, 0.25) is 0 Å². The minimum Gasteiger partial charge on any atom is -0.367 e. The molecule has 0 amide bonds. The van der Waals surface area contributed by atoms with Crippen LogP contribution in [-0.4, -0.2) is 14.6 Å². The second-order valence-electron chi connectivity index (χ2n) is 3.95. The number of rotatable bonds is 1. The monoisotopic (exact) mass is 253 g/mol. The van der Waals surface area contributed by atoms with Crippen LogP contribution in [0.3, 0.4) is 0 Å². The molecule has 0 spiro atoms. The van der Waals surface area contributed by atoms with Crippen LogP contribution in [0.5, 0.6) is 0 Å². The Morgan fingerprint density at radius 3 is 2.89 bits per heavy atom. The highest BCUT2D eigenvalue weighted by Crippen LogP contribution is 2.27. The Labute approximate surface area is 107 Å². The number of nitrogens with two attached hydrogens (primary N) is 1. The van der Waals surface area contributed by atoms with E-state index in [-0.39, 0.29) is 11.5 Å². The molecule has 0 saturated carbocycles. The molecule has 2 N–H and O–H groups in total. The van der Waals surface area contributed by atoms with Crippen molar-refractivity contribution in [2.24, 2.45) is 0 Å². The zero-order chi connectivity index (χ0) is 13.4. The lowest BCUT2D eigenvalue weighted by atomic mass is 10.1. The van der Waals surface area contributed by atoms with Crippen LogP contribution in [-0.2, 0) is 0 Å². The smallest absolute Gasteiger partial charge is 0.238 e. The van der Waals surface area contributed by atoms with Crippen LogP contribution >= 0.6 is 0 Å². The van der Waals surface area contributed by atoms with Crippen molar-refractivity contribution >= 4 is 11.5 Å². The number of fused-ring (bicyclic) bond motifs is 1. The zero-order valence-corrected chi connectivity index (χ0v) is 9.71. The standard InChI is InChI=1S/C13H8FN5/c14-10-5-11(9-4-2-1-3-8(9)6-15)19-12(10)7-17-13(16)18-19/h1-5,7H,(H2,16,18). The fourth-order valence-corrected chi connectivity index (χ4v) is 1.96. The van der Waals surface area contributed by atoms with Crippen molar-refractivity contribution in [2.75, 3.05) is 5.73 Å². The summed E-state index contributed by atoms with van der Waals surface area (Å²) in [6.07, 6.45) is 1.32. The molecule has 3 aromatic rings. The molecular formula is C13H8FN5. The van der Waals surface area contributed by atoms with E-state index in [4.69, 9.17) is 11.0 Å². The van der Waals surface area contributed by atoms with Gasteiger partial charge in [0.15, 0.2) is 5.82 Å². The maximum Gasteiger partial charge on any atom is 0.238 e. The molecule has 19 heavy (non-hydrogen) atoms. The van der Waals surface area contributed by atoms with E-state index in [0.29, 0.717) is 16.8 Å². The van der Waals surface area contributed by atoms with E-state index in [1.807, 2.05) is 0 Å². The third-order valence-corrected chi connectivity index (χ3v) is 2.81. The van der Waals surface area contributed by atoms with Crippen LogP contribution in [0, 0.1) is 17.1 Å². The second-order valence-corrected chi connectivity index (χ2v) is 3.95. The maximum absolute atomic E-state index is 13.8. The molecule has 0 radical (unpaired) electrons. The third-order valence-electron chi connectivity index (χ3n) is 2.81. The highest BCUT2D eigenvalue weighted by Gasteiger charge is 2.14. The first kappa shape index (κ1) is 11.2. The molecule has 0 saturated heterocycles. The summed E-state index contributed by atoms with van der Waals surface area (Å²) in [6, 6.07) is 10.3. The fraction of sp³-hybridized carbons (Fsp3) is 0. The fourth-order valence-electron chi connectivity index (χ4n) is 1.96. The average molecular weight is 253 g/mol. The van der Waals surface area contributed by atoms with Crippen molar-refractivity contribution < 1.29 is 4.39 Å². The molecule has 6 heteroatoms. The Morgan fingerprint density at radius 1 is 1.32 bits per heavy atom. The molecule has 2 heterocycles. The highest BCUT2D eigenvalue weighted by atomic mass is 19.1. The van der Waals surface area contributed by atoms with Crippen LogP contribution in [0.4, 0.5) is 10.3 Å². The molecule has 0 atom stereocenters. The number of aromatic nitrogens is 3. The molecule has 0 bridgehead atoms. The summed E-state index contributed by atoms with van der Waals surface area (Å²) in [5.41, 5.74) is 7.25. The SMILES string of the molecule is N#Cc1ccccc1-c1cc(F)c2cnc(N)nn12. The topological polar surface area (TPSA) is 80.0 Å². The zero-order valence-electron chi connectivity index (χ0n) is 9.71. The van der Waals surface area contributed by atoms with E-state index in [1.54, 1.807) is 24.3 Å². The van der Waals surface area contributed by atoms with Gasteiger partial charge in [-0.3, -0.25) is 0 Å².